The van der Waals surface area contributed by atoms with Crippen molar-refractivity contribution in [3.05, 3.63) is 59.1 Å². The summed E-state index contributed by atoms with van der Waals surface area (Å²) < 4.78 is 15.8. The van der Waals surface area contributed by atoms with Gasteiger partial charge in [0.05, 0.1) is 24.2 Å². The molecule has 0 fully saturated rings. The maximum absolute atomic E-state index is 11.9. The Kier molecular flexibility index (Phi) is 5.15. The minimum Gasteiger partial charge on any atom is -0.483 e. The number of furan rings is 1. The molecule has 2 aromatic heterocycles. The van der Waals surface area contributed by atoms with Gasteiger partial charge in [0.2, 0.25) is 0 Å². The minimum absolute atomic E-state index is 0.224. The summed E-state index contributed by atoms with van der Waals surface area (Å²) in [5, 5.41) is 8.01. The third-order valence-corrected chi connectivity index (χ3v) is 3.65. The lowest BCUT2D eigenvalue weighted by Crippen LogP contribution is -2.24. The number of carbonyl (C=O) groups excluding carboxylic acids is 1. The molecule has 1 aromatic carbocycles. The molecule has 2 heterocycles. The van der Waals surface area contributed by atoms with E-state index in [1.165, 1.54) is 18.7 Å². The molecule has 128 valence electrons. The minimum atomic E-state index is -0.418. The van der Waals surface area contributed by atoms with Crippen LogP contribution in [0.5, 0.6) is 5.75 Å². The highest BCUT2D eigenvalue weighted by Gasteiger charge is 2.14. The van der Waals surface area contributed by atoms with Gasteiger partial charge in [0, 0.05) is 11.1 Å². The van der Waals surface area contributed by atoms with Gasteiger partial charge in [0.25, 0.3) is 5.91 Å². The van der Waals surface area contributed by atoms with E-state index < -0.39 is 5.91 Å². The Morgan fingerprint density at radius 3 is 3.04 bits per heavy atom. The molecule has 0 aliphatic carbocycles. The number of nitrogens with one attached hydrogen (secondary N) is 1. The molecule has 0 aliphatic heterocycles. The van der Waals surface area contributed by atoms with Gasteiger partial charge in [-0.3, -0.25) is 4.79 Å². The first kappa shape index (κ1) is 16.8. The average Bonchev–Trinajstić information content (AvgIpc) is 3.29. The molecular weight excluding hydrogens is 346 g/mol. The molecule has 0 aliphatic rings. The highest BCUT2D eigenvalue weighted by molar-refractivity contribution is 6.31. The Labute approximate surface area is 148 Å². The van der Waals surface area contributed by atoms with Crippen LogP contribution in [0, 0.1) is 6.92 Å². The third kappa shape index (κ3) is 4.27. The van der Waals surface area contributed by atoms with Crippen molar-refractivity contribution in [2.24, 2.45) is 5.10 Å². The molecule has 0 saturated heterocycles. The Morgan fingerprint density at radius 1 is 1.44 bits per heavy atom. The second-order valence-corrected chi connectivity index (χ2v) is 5.48. The number of hydrogen-bond acceptors (Lipinski definition) is 6. The third-order valence-electron chi connectivity index (χ3n) is 3.25. The largest absolute Gasteiger partial charge is 0.483 e. The number of aromatic nitrogens is 1. The van der Waals surface area contributed by atoms with Crippen LogP contribution in [0.4, 0.5) is 0 Å². The summed E-state index contributed by atoms with van der Waals surface area (Å²) >= 11 is 6.16. The molecule has 7 nitrogen and oxygen atoms in total. The van der Waals surface area contributed by atoms with Crippen molar-refractivity contribution >= 4 is 23.7 Å². The number of aryl methyl sites for hydroxylation is 1. The van der Waals surface area contributed by atoms with Gasteiger partial charge in [-0.2, -0.15) is 5.10 Å². The predicted octanol–water partition coefficient (Wildman–Crippen LogP) is 3.43. The standard InChI is InChI=1S/C17H14ClN3O4/c1-11-7-16(13(8-14(11)18)15-4-5-20-25-15)24-10-17(22)21-19-9-12-3-2-6-23-12/h2-9H,10H2,1H3,(H,21,22)/b19-9+. The number of rotatable bonds is 6. The van der Waals surface area contributed by atoms with Gasteiger partial charge in [-0.15, -0.1) is 0 Å². The Balaban J connectivity index is 1.66. The average molecular weight is 360 g/mol. The van der Waals surface area contributed by atoms with E-state index in [4.69, 9.17) is 25.3 Å². The maximum atomic E-state index is 11.9. The Bertz CT molecular complexity index is 874. The molecule has 0 bridgehead atoms. The number of ether oxygens (including phenoxy) is 1. The molecule has 0 spiro atoms. The molecule has 1 amide bonds. The van der Waals surface area contributed by atoms with E-state index in [0.29, 0.717) is 27.9 Å². The normalized spacial score (nSPS) is 11.0. The van der Waals surface area contributed by atoms with E-state index >= 15 is 0 Å². The van der Waals surface area contributed by atoms with Crippen LogP contribution in [0.2, 0.25) is 5.02 Å². The van der Waals surface area contributed by atoms with Crippen LogP contribution in [0.3, 0.4) is 0 Å². The van der Waals surface area contributed by atoms with E-state index in [0.717, 1.165) is 5.56 Å². The topological polar surface area (TPSA) is 89.9 Å². The lowest BCUT2D eigenvalue weighted by atomic mass is 10.1. The highest BCUT2D eigenvalue weighted by Crippen LogP contribution is 2.34. The van der Waals surface area contributed by atoms with Crippen molar-refractivity contribution in [2.45, 2.75) is 6.92 Å². The quantitative estimate of drug-likeness (QED) is 0.538. The van der Waals surface area contributed by atoms with Gasteiger partial charge in [0.15, 0.2) is 12.4 Å². The van der Waals surface area contributed by atoms with E-state index in [2.05, 4.69) is 15.7 Å². The van der Waals surface area contributed by atoms with Gasteiger partial charge in [-0.25, -0.2) is 5.43 Å². The van der Waals surface area contributed by atoms with Crippen molar-refractivity contribution in [1.29, 1.82) is 0 Å². The Morgan fingerprint density at radius 2 is 2.32 bits per heavy atom. The number of benzene rings is 1. The number of hydrazone groups is 1. The summed E-state index contributed by atoms with van der Waals surface area (Å²) in [6.07, 6.45) is 4.42. The van der Waals surface area contributed by atoms with E-state index in [-0.39, 0.29) is 6.61 Å². The first-order valence-electron chi connectivity index (χ1n) is 7.33. The first-order valence-corrected chi connectivity index (χ1v) is 7.70. The van der Waals surface area contributed by atoms with Crippen LogP contribution < -0.4 is 10.2 Å². The van der Waals surface area contributed by atoms with Crippen LogP contribution >= 0.6 is 11.6 Å². The second-order valence-electron chi connectivity index (χ2n) is 5.07. The molecule has 0 atom stereocenters. The summed E-state index contributed by atoms with van der Waals surface area (Å²) in [6, 6.07) is 8.56. The van der Waals surface area contributed by atoms with Crippen LogP contribution in [0.25, 0.3) is 11.3 Å². The number of nitrogens with zero attached hydrogens (tertiary/aromatic N) is 2. The molecule has 3 aromatic rings. The summed E-state index contributed by atoms with van der Waals surface area (Å²) in [4.78, 5) is 11.9. The number of amides is 1. The summed E-state index contributed by atoms with van der Waals surface area (Å²) in [5.41, 5.74) is 3.78. The van der Waals surface area contributed by atoms with Crippen molar-refractivity contribution in [2.75, 3.05) is 6.61 Å². The highest BCUT2D eigenvalue weighted by atomic mass is 35.5. The smallest absolute Gasteiger partial charge is 0.277 e. The number of carbonyl (C=O) groups is 1. The summed E-state index contributed by atoms with van der Waals surface area (Å²) in [6.45, 7) is 1.62. The number of halogens is 1. The zero-order valence-electron chi connectivity index (χ0n) is 13.2. The Hall–Kier alpha value is -3.06. The van der Waals surface area contributed by atoms with Gasteiger partial charge >= 0.3 is 0 Å². The van der Waals surface area contributed by atoms with Gasteiger partial charge in [0.1, 0.15) is 11.5 Å². The molecule has 0 unspecified atom stereocenters. The van der Waals surface area contributed by atoms with Crippen molar-refractivity contribution in [1.82, 2.24) is 10.6 Å². The SMILES string of the molecule is Cc1cc(OCC(=O)N/N=C/c2ccco2)c(-c2ccno2)cc1Cl. The molecule has 8 heteroatoms. The van der Waals surface area contributed by atoms with Gasteiger partial charge in [-0.1, -0.05) is 16.8 Å². The zero-order valence-corrected chi connectivity index (χ0v) is 14.0. The molecule has 3 rings (SSSR count). The van der Waals surface area contributed by atoms with E-state index in [9.17, 15) is 4.79 Å². The van der Waals surface area contributed by atoms with E-state index in [1.807, 2.05) is 6.92 Å². The molecule has 1 N–H and O–H groups in total. The van der Waals surface area contributed by atoms with E-state index in [1.54, 1.807) is 30.3 Å². The van der Waals surface area contributed by atoms with Crippen molar-refractivity contribution in [3.8, 4) is 17.1 Å². The lowest BCUT2D eigenvalue weighted by molar-refractivity contribution is -0.123. The van der Waals surface area contributed by atoms with Crippen LogP contribution in [0.1, 0.15) is 11.3 Å². The van der Waals surface area contributed by atoms with Gasteiger partial charge in [-0.05, 0) is 36.8 Å². The summed E-state index contributed by atoms with van der Waals surface area (Å²) in [5.74, 6) is 1.07. The van der Waals surface area contributed by atoms with Crippen LogP contribution in [-0.2, 0) is 4.79 Å². The molecule has 0 saturated carbocycles. The zero-order chi connectivity index (χ0) is 17.6. The monoisotopic (exact) mass is 359 g/mol. The lowest BCUT2D eigenvalue weighted by Gasteiger charge is -2.11. The summed E-state index contributed by atoms with van der Waals surface area (Å²) in [7, 11) is 0. The number of hydrogen-bond donors (Lipinski definition) is 1. The molecular formula is C17H14ClN3O4. The fourth-order valence-electron chi connectivity index (χ4n) is 2.03. The second kappa shape index (κ2) is 7.67. The van der Waals surface area contributed by atoms with Crippen LogP contribution in [-0.4, -0.2) is 23.9 Å². The van der Waals surface area contributed by atoms with Crippen molar-refractivity contribution < 1.29 is 18.5 Å². The fourth-order valence-corrected chi connectivity index (χ4v) is 2.19. The van der Waals surface area contributed by atoms with Crippen molar-refractivity contribution in [3.63, 3.8) is 0 Å². The van der Waals surface area contributed by atoms with Gasteiger partial charge < -0.3 is 13.7 Å². The maximum Gasteiger partial charge on any atom is 0.277 e. The fraction of sp³-hybridized carbons (Fsp3) is 0.118. The first-order chi connectivity index (χ1) is 12.1. The molecule has 25 heavy (non-hydrogen) atoms. The van der Waals surface area contributed by atoms with Crippen LogP contribution in [0.15, 0.2) is 56.8 Å². The predicted molar refractivity (Wildman–Crippen MR) is 91.6 cm³/mol. The molecule has 0 radical (unpaired) electrons.